The van der Waals surface area contributed by atoms with Crippen LogP contribution in [0.4, 0.5) is 0 Å². The monoisotopic (exact) mass is 421 g/mol. The van der Waals surface area contributed by atoms with Gasteiger partial charge in [0.25, 0.3) is 0 Å². The standard InChI is InChI=1S/C22H19N3O4S/c26-21-22(27)24-20-13-18(11-12-19(20)23-21)30(28,29)25(14-16-7-3-1-4-8-16)15-17-9-5-2-6-10-17/h1-13H,14-15H2,(H,23,26)(H,24,27). The number of nitrogens with zero attached hydrogens (tertiary/aromatic N) is 1. The van der Waals surface area contributed by atoms with E-state index < -0.39 is 21.1 Å². The summed E-state index contributed by atoms with van der Waals surface area (Å²) in [7, 11) is -3.89. The van der Waals surface area contributed by atoms with Crippen molar-refractivity contribution in [1.29, 1.82) is 0 Å². The number of rotatable bonds is 6. The molecular formula is C22H19N3O4S. The fraction of sp³-hybridized carbons (Fsp3) is 0.0909. The quantitative estimate of drug-likeness (QED) is 0.467. The van der Waals surface area contributed by atoms with Gasteiger partial charge in [-0.15, -0.1) is 0 Å². The third-order valence-corrected chi connectivity index (χ3v) is 6.52. The molecule has 1 aromatic heterocycles. The molecule has 1 heterocycles. The molecule has 0 saturated heterocycles. The summed E-state index contributed by atoms with van der Waals surface area (Å²) in [4.78, 5) is 28.1. The summed E-state index contributed by atoms with van der Waals surface area (Å²) >= 11 is 0. The average molecular weight is 421 g/mol. The number of H-pyrrole nitrogens is 2. The summed E-state index contributed by atoms with van der Waals surface area (Å²) in [5, 5.41) is 0. The van der Waals surface area contributed by atoms with E-state index in [1.165, 1.54) is 22.5 Å². The van der Waals surface area contributed by atoms with Crippen molar-refractivity contribution in [3.05, 3.63) is 111 Å². The van der Waals surface area contributed by atoms with Gasteiger partial charge < -0.3 is 9.97 Å². The third-order valence-electron chi connectivity index (χ3n) is 4.73. The second kappa shape index (κ2) is 8.10. The molecule has 0 bridgehead atoms. The van der Waals surface area contributed by atoms with E-state index in [9.17, 15) is 18.0 Å². The van der Waals surface area contributed by atoms with Crippen LogP contribution in [0.5, 0.6) is 0 Å². The first kappa shape index (κ1) is 19.8. The van der Waals surface area contributed by atoms with Gasteiger partial charge in [0.15, 0.2) is 0 Å². The number of sulfonamides is 1. The number of hydrogen-bond acceptors (Lipinski definition) is 4. The summed E-state index contributed by atoms with van der Waals surface area (Å²) in [5.74, 6) is 0. The van der Waals surface area contributed by atoms with Crippen molar-refractivity contribution >= 4 is 21.1 Å². The molecule has 0 aliphatic rings. The van der Waals surface area contributed by atoms with Crippen LogP contribution in [-0.4, -0.2) is 22.7 Å². The Hall–Kier alpha value is -3.49. The zero-order valence-electron chi connectivity index (χ0n) is 15.9. The van der Waals surface area contributed by atoms with Crippen molar-refractivity contribution in [3.63, 3.8) is 0 Å². The Balaban J connectivity index is 1.77. The molecule has 4 rings (SSSR count). The topological polar surface area (TPSA) is 103 Å². The van der Waals surface area contributed by atoms with Crippen LogP contribution in [0, 0.1) is 0 Å². The molecule has 0 fully saturated rings. The van der Waals surface area contributed by atoms with Gasteiger partial charge in [0, 0.05) is 13.1 Å². The molecule has 0 amide bonds. The molecular weight excluding hydrogens is 402 g/mol. The molecule has 3 aromatic carbocycles. The van der Waals surface area contributed by atoms with Crippen molar-refractivity contribution in [3.8, 4) is 0 Å². The molecule has 0 aliphatic carbocycles. The van der Waals surface area contributed by atoms with Gasteiger partial charge in [-0.1, -0.05) is 60.7 Å². The van der Waals surface area contributed by atoms with E-state index in [0.29, 0.717) is 5.52 Å². The zero-order valence-corrected chi connectivity index (χ0v) is 16.7. The van der Waals surface area contributed by atoms with Crippen LogP contribution in [0.25, 0.3) is 11.0 Å². The Kier molecular flexibility index (Phi) is 5.35. The second-order valence-electron chi connectivity index (χ2n) is 6.86. The van der Waals surface area contributed by atoms with Gasteiger partial charge in [-0.25, -0.2) is 8.42 Å². The maximum atomic E-state index is 13.5. The van der Waals surface area contributed by atoms with Crippen LogP contribution in [-0.2, 0) is 23.1 Å². The normalized spacial score (nSPS) is 11.8. The van der Waals surface area contributed by atoms with E-state index in [1.807, 2.05) is 60.7 Å². The summed E-state index contributed by atoms with van der Waals surface area (Å²) in [6, 6.07) is 22.9. The van der Waals surface area contributed by atoms with E-state index in [-0.39, 0.29) is 23.5 Å². The van der Waals surface area contributed by atoms with Crippen molar-refractivity contribution < 1.29 is 8.42 Å². The van der Waals surface area contributed by atoms with Crippen LogP contribution in [0.2, 0.25) is 0 Å². The minimum atomic E-state index is -3.89. The Morgan fingerprint density at radius 1 is 0.667 bits per heavy atom. The van der Waals surface area contributed by atoms with Gasteiger partial charge in [-0.3, -0.25) is 9.59 Å². The van der Waals surface area contributed by atoms with Gasteiger partial charge >= 0.3 is 11.1 Å². The second-order valence-corrected chi connectivity index (χ2v) is 8.80. The SMILES string of the molecule is O=c1[nH]c2ccc(S(=O)(=O)N(Cc3ccccc3)Cc3ccccc3)cc2[nH]c1=O. The Labute approximate surface area is 172 Å². The smallest absolute Gasteiger partial charge is 0.314 e. The van der Waals surface area contributed by atoms with Crippen molar-refractivity contribution in [2.75, 3.05) is 0 Å². The molecule has 4 aromatic rings. The highest BCUT2D eigenvalue weighted by molar-refractivity contribution is 7.89. The van der Waals surface area contributed by atoms with Gasteiger partial charge in [0.05, 0.1) is 15.9 Å². The van der Waals surface area contributed by atoms with Gasteiger partial charge in [0.2, 0.25) is 10.0 Å². The number of fused-ring (bicyclic) bond motifs is 1. The predicted octanol–water partition coefficient (Wildman–Crippen LogP) is 2.61. The van der Waals surface area contributed by atoms with E-state index in [1.54, 1.807) is 0 Å². The average Bonchev–Trinajstić information content (AvgIpc) is 2.75. The van der Waals surface area contributed by atoms with E-state index >= 15 is 0 Å². The van der Waals surface area contributed by atoms with E-state index in [4.69, 9.17) is 0 Å². The number of benzene rings is 3. The lowest BCUT2D eigenvalue weighted by Gasteiger charge is -2.23. The highest BCUT2D eigenvalue weighted by Gasteiger charge is 2.25. The molecule has 152 valence electrons. The maximum absolute atomic E-state index is 13.5. The van der Waals surface area contributed by atoms with Gasteiger partial charge in [-0.2, -0.15) is 4.31 Å². The van der Waals surface area contributed by atoms with Crippen LogP contribution >= 0.6 is 0 Å². The molecule has 0 radical (unpaired) electrons. The van der Waals surface area contributed by atoms with Crippen LogP contribution < -0.4 is 11.1 Å². The lowest BCUT2D eigenvalue weighted by Crippen LogP contribution is -2.31. The number of aromatic nitrogens is 2. The minimum absolute atomic E-state index is 0.0320. The Bertz CT molecular complexity index is 1350. The number of nitrogens with one attached hydrogen (secondary N) is 2. The third kappa shape index (κ3) is 4.10. The highest BCUT2D eigenvalue weighted by Crippen LogP contribution is 2.23. The van der Waals surface area contributed by atoms with Crippen molar-refractivity contribution in [1.82, 2.24) is 14.3 Å². The largest absolute Gasteiger partial charge is 0.316 e. The Morgan fingerprint density at radius 2 is 1.17 bits per heavy atom. The lowest BCUT2D eigenvalue weighted by atomic mass is 10.2. The molecule has 30 heavy (non-hydrogen) atoms. The van der Waals surface area contributed by atoms with Crippen molar-refractivity contribution in [2.45, 2.75) is 18.0 Å². The highest BCUT2D eigenvalue weighted by atomic mass is 32.2. The van der Waals surface area contributed by atoms with Gasteiger partial charge in [0.1, 0.15) is 0 Å². The fourth-order valence-corrected chi connectivity index (χ4v) is 4.65. The molecule has 0 saturated carbocycles. The van der Waals surface area contributed by atoms with Crippen LogP contribution in [0.1, 0.15) is 11.1 Å². The number of hydrogen-bond donors (Lipinski definition) is 2. The van der Waals surface area contributed by atoms with Crippen LogP contribution in [0.15, 0.2) is 93.3 Å². The summed E-state index contributed by atoms with van der Waals surface area (Å²) < 4.78 is 28.4. The van der Waals surface area contributed by atoms with Crippen LogP contribution in [0.3, 0.4) is 0 Å². The number of aromatic amines is 2. The summed E-state index contributed by atoms with van der Waals surface area (Å²) in [5.41, 5.74) is 0.706. The molecule has 0 aliphatic heterocycles. The predicted molar refractivity (Wildman–Crippen MR) is 115 cm³/mol. The van der Waals surface area contributed by atoms with E-state index in [0.717, 1.165) is 11.1 Å². The molecule has 7 nitrogen and oxygen atoms in total. The first-order valence-electron chi connectivity index (χ1n) is 9.28. The van der Waals surface area contributed by atoms with Crippen molar-refractivity contribution in [2.24, 2.45) is 0 Å². The summed E-state index contributed by atoms with van der Waals surface area (Å²) in [6.45, 7) is 0.385. The summed E-state index contributed by atoms with van der Waals surface area (Å²) in [6.07, 6.45) is 0. The molecule has 0 atom stereocenters. The first-order valence-corrected chi connectivity index (χ1v) is 10.7. The lowest BCUT2D eigenvalue weighted by molar-refractivity contribution is 0.401. The molecule has 0 spiro atoms. The minimum Gasteiger partial charge on any atom is -0.316 e. The zero-order chi connectivity index (χ0) is 21.1. The fourth-order valence-electron chi connectivity index (χ4n) is 3.20. The molecule has 0 unspecified atom stereocenters. The molecule has 8 heteroatoms. The maximum Gasteiger partial charge on any atom is 0.314 e. The van der Waals surface area contributed by atoms with Gasteiger partial charge in [-0.05, 0) is 29.3 Å². The molecule has 2 N–H and O–H groups in total. The first-order chi connectivity index (χ1) is 14.4. The van der Waals surface area contributed by atoms with E-state index in [2.05, 4.69) is 9.97 Å². The Morgan fingerprint density at radius 3 is 1.70 bits per heavy atom.